The van der Waals surface area contributed by atoms with Gasteiger partial charge < -0.3 is 9.32 Å². The zero-order chi connectivity index (χ0) is 29.0. The smallest absolute Gasteiger partial charge is 0.143 e. The van der Waals surface area contributed by atoms with Crippen molar-refractivity contribution >= 4 is 71.3 Å². The van der Waals surface area contributed by atoms with Gasteiger partial charge >= 0.3 is 0 Å². The van der Waals surface area contributed by atoms with Crippen LogP contribution in [0.2, 0.25) is 0 Å². The molecule has 0 N–H and O–H groups in total. The standard InChI is InChI=1S/C42H27NO/c1-3-14-29(15-4-1)39-37(43(31-17-5-2-6-18-31)32-24-23-28-13-7-8-16-30(28)27-32)25-26-38-41(39)40-35-21-11-9-19-33(35)34-20-10-12-22-36(34)42(40)44-38/h1-27H. The molecule has 8 aromatic carbocycles. The lowest BCUT2D eigenvalue weighted by Gasteiger charge is -2.28. The number of benzene rings is 8. The molecule has 0 radical (unpaired) electrons. The van der Waals surface area contributed by atoms with E-state index in [9.17, 15) is 0 Å². The van der Waals surface area contributed by atoms with Gasteiger partial charge in [0.05, 0.1) is 5.69 Å². The molecular weight excluding hydrogens is 534 g/mol. The van der Waals surface area contributed by atoms with E-state index in [1.165, 1.54) is 26.9 Å². The van der Waals surface area contributed by atoms with Crippen LogP contribution in [0, 0.1) is 0 Å². The van der Waals surface area contributed by atoms with Gasteiger partial charge in [0.2, 0.25) is 0 Å². The fourth-order valence-corrected chi connectivity index (χ4v) is 6.88. The zero-order valence-electron chi connectivity index (χ0n) is 23.9. The molecule has 2 nitrogen and oxygen atoms in total. The Balaban J connectivity index is 1.46. The van der Waals surface area contributed by atoms with E-state index < -0.39 is 0 Å². The largest absolute Gasteiger partial charge is 0.455 e. The second kappa shape index (κ2) is 9.86. The van der Waals surface area contributed by atoms with Gasteiger partial charge in [0, 0.05) is 33.1 Å². The van der Waals surface area contributed by atoms with Gasteiger partial charge in [0.1, 0.15) is 11.2 Å². The monoisotopic (exact) mass is 561 g/mol. The highest BCUT2D eigenvalue weighted by atomic mass is 16.3. The Labute approximate surface area is 255 Å². The van der Waals surface area contributed by atoms with Crippen LogP contribution in [0.5, 0.6) is 0 Å². The summed E-state index contributed by atoms with van der Waals surface area (Å²) < 4.78 is 6.82. The Morgan fingerprint density at radius 1 is 0.409 bits per heavy atom. The first kappa shape index (κ1) is 24.7. The van der Waals surface area contributed by atoms with E-state index in [-0.39, 0.29) is 0 Å². The average molecular weight is 562 g/mol. The molecule has 0 amide bonds. The van der Waals surface area contributed by atoms with Crippen LogP contribution in [0.25, 0.3) is 65.4 Å². The van der Waals surface area contributed by atoms with Crippen LogP contribution in [0.15, 0.2) is 168 Å². The van der Waals surface area contributed by atoms with E-state index in [4.69, 9.17) is 4.42 Å². The van der Waals surface area contributed by atoms with Gasteiger partial charge in [0.25, 0.3) is 0 Å². The summed E-state index contributed by atoms with van der Waals surface area (Å²) in [7, 11) is 0. The first-order chi connectivity index (χ1) is 21.8. The minimum Gasteiger partial charge on any atom is -0.455 e. The number of hydrogen-bond donors (Lipinski definition) is 0. The van der Waals surface area contributed by atoms with Crippen molar-refractivity contribution in [2.45, 2.75) is 0 Å². The fourth-order valence-electron chi connectivity index (χ4n) is 6.88. The van der Waals surface area contributed by atoms with Crippen molar-refractivity contribution in [3.8, 4) is 11.1 Å². The summed E-state index contributed by atoms with van der Waals surface area (Å²) in [5, 5.41) is 9.49. The zero-order valence-corrected chi connectivity index (χ0v) is 23.9. The lowest BCUT2D eigenvalue weighted by Crippen LogP contribution is -2.11. The second-order valence-electron chi connectivity index (χ2n) is 11.3. The van der Waals surface area contributed by atoms with Gasteiger partial charge in [-0.25, -0.2) is 0 Å². The van der Waals surface area contributed by atoms with Crippen LogP contribution in [-0.2, 0) is 0 Å². The van der Waals surface area contributed by atoms with Gasteiger partial charge in [-0.2, -0.15) is 0 Å². The summed E-state index contributed by atoms with van der Waals surface area (Å²) in [6.07, 6.45) is 0. The van der Waals surface area contributed by atoms with Crippen LogP contribution >= 0.6 is 0 Å². The molecule has 0 aliphatic heterocycles. The molecule has 0 atom stereocenters. The molecule has 9 aromatic rings. The molecule has 0 aliphatic rings. The van der Waals surface area contributed by atoms with Crippen LogP contribution < -0.4 is 4.90 Å². The van der Waals surface area contributed by atoms with Crippen molar-refractivity contribution < 1.29 is 4.42 Å². The normalized spacial score (nSPS) is 11.6. The molecule has 2 heteroatoms. The first-order valence-corrected chi connectivity index (χ1v) is 15.0. The number of furan rings is 1. The highest BCUT2D eigenvalue weighted by Crippen LogP contribution is 2.49. The van der Waals surface area contributed by atoms with Crippen LogP contribution in [0.3, 0.4) is 0 Å². The third-order valence-corrected chi connectivity index (χ3v) is 8.80. The third-order valence-electron chi connectivity index (χ3n) is 8.80. The number of anilines is 3. The number of rotatable bonds is 4. The van der Waals surface area contributed by atoms with Crippen molar-refractivity contribution in [2.75, 3.05) is 4.90 Å². The maximum Gasteiger partial charge on any atom is 0.143 e. The summed E-state index contributed by atoms with van der Waals surface area (Å²) in [6, 6.07) is 58.4. The summed E-state index contributed by atoms with van der Waals surface area (Å²) >= 11 is 0. The van der Waals surface area contributed by atoms with E-state index in [2.05, 4.69) is 169 Å². The lowest BCUT2D eigenvalue weighted by atomic mass is 9.92. The van der Waals surface area contributed by atoms with Gasteiger partial charge in [-0.1, -0.05) is 127 Å². The van der Waals surface area contributed by atoms with E-state index in [1.807, 2.05) is 0 Å². The Hall–Kier alpha value is -5.86. The molecule has 1 heterocycles. The fraction of sp³-hybridized carbons (Fsp3) is 0. The Morgan fingerprint density at radius 2 is 1.02 bits per heavy atom. The SMILES string of the molecule is c1ccc(-c2c(N(c3ccccc3)c3ccc4ccccc4c3)ccc3oc4c5ccccc5c5ccccc5c4c23)cc1. The number of fused-ring (bicyclic) bond motifs is 9. The van der Waals surface area contributed by atoms with Gasteiger partial charge in [-0.3, -0.25) is 0 Å². The number of hydrogen-bond acceptors (Lipinski definition) is 2. The lowest BCUT2D eigenvalue weighted by molar-refractivity contribution is 0.673. The van der Waals surface area contributed by atoms with Gasteiger partial charge in [-0.05, 0) is 68.9 Å². The summed E-state index contributed by atoms with van der Waals surface area (Å²) in [6.45, 7) is 0. The molecule has 1 aromatic heterocycles. The van der Waals surface area contributed by atoms with Crippen LogP contribution in [0.1, 0.15) is 0 Å². The van der Waals surface area contributed by atoms with Gasteiger partial charge in [0.15, 0.2) is 0 Å². The van der Waals surface area contributed by atoms with Crippen molar-refractivity contribution in [3.05, 3.63) is 164 Å². The molecule has 0 bridgehead atoms. The summed E-state index contributed by atoms with van der Waals surface area (Å²) in [5.41, 5.74) is 7.42. The third kappa shape index (κ3) is 3.75. The molecule has 0 spiro atoms. The Morgan fingerprint density at radius 3 is 1.80 bits per heavy atom. The summed E-state index contributed by atoms with van der Waals surface area (Å²) in [5.74, 6) is 0. The maximum atomic E-state index is 6.82. The second-order valence-corrected chi connectivity index (χ2v) is 11.3. The molecule has 0 saturated carbocycles. The number of para-hydroxylation sites is 1. The van der Waals surface area contributed by atoms with Crippen LogP contribution in [0.4, 0.5) is 17.1 Å². The molecule has 0 aliphatic carbocycles. The van der Waals surface area contributed by atoms with E-state index >= 15 is 0 Å². The van der Waals surface area contributed by atoms with Crippen molar-refractivity contribution in [1.82, 2.24) is 0 Å². The highest BCUT2D eigenvalue weighted by Gasteiger charge is 2.24. The topological polar surface area (TPSA) is 16.4 Å². The molecule has 0 unspecified atom stereocenters. The van der Waals surface area contributed by atoms with E-state index in [0.29, 0.717) is 0 Å². The van der Waals surface area contributed by atoms with Crippen molar-refractivity contribution in [3.63, 3.8) is 0 Å². The quantitative estimate of drug-likeness (QED) is 0.199. The molecular formula is C42H27NO. The predicted octanol–water partition coefficient (Wildman–Crippen LogP) is 12.2. The summed E-state index contributed by atoms with van der Waals surface area (Å²) in [4.78, 5) is 2.39. The Kier molecular flexibility index (Phi) is 5.54. The van der Waals surface area contributed by atoms with E-state index in [1.54, 1.807) is 0 Å². The van der Waals surface area contributed by atoms with Crippen molar-refractivity contribution in [1.29, 1.82) is 0 Å². The highest BCUT2D eigenvalue weighted by molar-refractivity contribution is 6.32. The predicted molar refractivity (Wildman–Crippen MR) is 186 cm³/mol. The van der Waals surface area contributed by atoms with Crippen molar-refractivity contribution in [2.24, 2.45) is 0 Å². The molecule has 0 saturated heterocycles. The minimum atomic E-state index is 0.885. The van der Waals surface area contributed by atoms with E-state index in [0.717, 1.165) is 55.5 Å². The minimum absolute atomic E-state index is 0.885. The number of nitrogens with zero attached hydrogens (tertiary/aromatic N) is 1. The molecule has 9 rings (SSSR count). The molecule has 206 valence electrons. The Bertz CT molecular complexity index is 2490. The molecule has 0 fully saturated rings. The van der Waals surface area contributed by atoms with Crippen LogP contribution in [-0.4, -0.2) is 0 Å². The molecule has 44 heavy (non-hydrogen) atoms. The average Bonchev–Trinajstić information content (AvgIpc) is 3.49. The van der Waals surface area contributed by atoms with Gasteiger partial charge in [-0.15, -0.1) is 0 Å². The maximum absolute atomic E-state index is 6.82. The first-order valence-electron chi connectivity index (χ1n) is 15.0.